The van der Waals surface area contributed by atoms with Gasteiger partial charge in [0.15, 0.2) is 0 Å². The summed E-state index contributed by atoms with van der Waals surface area (Å²) in [4.78, 5) is 10.8. The molecule has 0 unspecified atom stereocenters. The van der Waals surface area contributed by atoms with Gasteiger partial charge in [-0.2, -0.15) is 0 Å². The van der Waals surface area contributed by atoms with Gasteiger partial charge in [-0.15, -0.1) is 0 Å². The molecule has 64 valence electrons. The van der Waals surface area contributed by atoms with Crippen LogP contribution in [-0.4, -0.2) is 23.1 Å². The first kappa shape index (κ1) is 7.53. The van der Waals surface area contributed by atoms with E-state index in [4.69, 9.17) is 0 Å². The smallest absolute Gasteiger partial charge is 0.225 e. The van der Waals surface area contributed by atoms with Crippen molar-refractivity contribution in [2.75, 3.05) is 18.0 Å². The molecule has 1 fully saturated rings. The molecule has 0 aliphatic carbocycles. The van der Waals surface area contributed by atoms with E-state index in [1.54, 1.807) is 0 Å². The predicted molar refractivity (Wildman–Crippen MR) is 48.2 cm³/mol. The molecule has 3 nitrogen and oxygen atoms in total. The Kier molecular flexibility index (Phi) is 1.94. The van der Waals surface area contributed by atoms with Crippen LogP contribution in [0.3, 0.4) is 0 Å². The van der Waals surface area contributed by atoms with Gasteiger partial charge in [-0.25, -0.2) is 9.97 Å². The maximum absolute atomic E-state index is 4.37. The van der Waals surface area contributed by atoms with Crippen molar-refractivity contribution in [1.29, 1.82) is 0 Å². The summed E-state index contributed by atoms with van der Waals surface area (Å²) in [5.74, 6) is 0.896. The van der Waals surface area contributed by atoms with Gasteiger partial charge in [0.1, 0.15) is 0 Å². The summed E-state index contributed by atoms with van der Waals surface area (Å²) in [6.45, 7) is 4.23. The molecule has 3 heteroatoms. The van der Waals surface area contributed by atoms with Crippen LogP contribution in [0.25, 0.3) is 0 Å². The van der Waals surface area contributed by atoms with Crippen molar-refractivity contribution in [3.8, 4) is 0 Å². The lowest BCUT2D eigenvalue weighted by Gasteiger charge is -2.14. The van der Waals surface area contributed by atoms with Crippen LogP contribution >= 0.6 is 0 Å². The van der Waals surface area contributed by atoms with E-state index in [1.165, 1.54) is 12.8 Å². The van der Waals surface area contributed by atoms with Gasteiger partial charge in [0.2, 0.25) is 5.95 Å². The maximum atomic E-state index is 4.37. The van der Waals surface area contributed by atoms with E-state index in [9.17, 15) is 0 Å². The first-order valence-electron chi connectivity index (χ1n) is 4.41. The van der Waals surface area contributed by atoms with Crippen LogP contribution in [0, 0.1) is 6.92 Å². The summed E-state index contributed by atoms with van der Waals surface area (Å²) in [5.41, 5.74) is 1.05. The lowest BCUT2D eigenvalue weighted by Crippen LogP contribution is -2.20. The van der Waals surface area contributed by atoms with Gasteiger partial charge >= 0.3 is 0 Å². The molecule has 0 radical (unpaired) electrons. The average Bonchev–Trinajstić information content (AvgIpc) is 2.56. The molecular weight excluding hydrogens is 150 g/mol. The number of aromatic nitrogens is 2. The first-order chi connectivity index (χ1) is 5.86. The minimum Gasteiger partial charge on any atom is -0.341 e. The number of rotatable bonds is 1. The van der Waals surface area contributed by atoms with Crippen molar-refractivity contribution in [1.82, 2.24) is 9.97 Å². The van der Waals surface area contributed by atoms with Gasteiger partial charge in [-0.1, -0.05) is 0 Å². The van der Waals surface area contributed by atoms with Crippen LogP contribution in [-0.2, 0) is 0 Å². The fourth-order valence-corrected chi connectivity index (χ4v) is 1.51. The van der Waals surface area contributed by atoms with Crippen LogP contribution in [0.15, 0.2) is 12.3 Å². The van der Waals surface area contributed by atoms with Crippen molar-refractivity contribution in [2.45, 2.75) is 19.8 Å². The van der Waals surface area contributed by atoms with Gasteiger partial charge in [0.05, 0.1) is 0 Å². The van der Waals surface area contributed by atoms with Crippen LogP contribution in [0.5, 0.6) is 0 Å². The van der Waals surface area contributed by atoms with E-state index in [0.717, 1.165) is 24.7 Å². The summed E-state index contributed by atoms with van der Waals surface area (Å²) in [6.07, 6.45) is 4.38. The molecule has 1 aromatic heterocycles. The van der Waals surface area contributed by atoms with Crippen molar-refractivity contribution in [2.24, 2.45) is 0 Å². The van der Waals surface area contributed by atoms with E-state index in [0.29, 0.717) is 0 Å². The molecule has 0 atom stereocenters. The first-order valence-corrected chi connectivity index (χ1v) is 4.41. The Hall–Kier alpha value is -1.12. The molecule has 0 amide bonds. The van der Waals surface area contributed by atoms with Crippen LogP contribution in [0.2, 0.25) is 0 Å². The molecule has 2 heterocycles. The van der Waals surface area contributed by atoms with Crippen molar-refractivity contribution >= 4 is 5.95 Å². The minimum absolute atomic E-state index is 0.896. The molecule has 1 aliphatic rings. The van der Waals surface area contributed by atoms with E-state index in [-0.39, 0.29) is 0 Å². The minimum atomic E-state index is 0.896. The second-order valence-electron chi connectivity index (χ2n) is 3.19. The second kappa shape index (κ2) is 3.09. The number of nitrogens with zero attached hydrogens (tertiary/aromatic N) is 3. The van der Waals surface area contributed by atoms with E-state index in [1.807, 2.05) is 19.2 Å². The Labute approximate surface area is 72.4 Å². The van der Waals surface area contributed by atoms with E-state index < -0.39 is 0 Å². The molecule has 1 aliphatic heterocycles. The quantitative estimate of drug-likeness (QED) is 0.626. The monoisotopic (exact) mass is 163 g/mol. The van der Waals surface area contributed by atoms with E-state index in [2.05, 4.69) is 14.9 Å². The molecule has 12 heavy (non-hydrogen) atoms. The molecule has 2 rings (SSSR count). The molecule has 1 aromatic rings. The topological polar surface area (TPSA) is 29.0 Å². The summed E-state index contributed by atoms with van der Waals surface area (Å²) in [7, 11) is 0. The average molecular weight is 163 g/mol. The summed E-state index contributed by atoms with van der Waals surface area (Å²) < 4.78 is 0. The van der Waals surface area contributed by atoms with Crippen molar-refractivity contribution < 1.29 is 0 Å². The van der Waals surface area contributed by atoms with Crippen molar-refractivity contribution in [3.63, 3.8) is 0 Å². The number of hydrogen-bond acceptors (Lipinski definition) is 3. The lowest BCUT2D eigenvalue weighted by atomic mass is 10.4. The Balaban J connectivity index is 2.21. The molecule has 0 spiro atoms. The fraction of sp³-hybridized carbons (Fsp3) is 0.556. The lowest BCUT2D eigenvalue weighted by molar-refractivity contribution is 0.889. The number of aryl methyl sites for hydroxylation is 1. The Morgan fingerprint density at radius 2 is 2.08 bits per heavy atom. The highest BCUT2D eigenvalue weighted by Gasteiger charge is 2.13. The predicted octanol–water partition coefficient (Wildman–Crippen LogP) is 1.39. The molecule has 0 N–H and O–H groups in total. The third kappa shape index (κ3) is 1.40. The van der Waals surface area contributed by atoms with E-state index >= 15 is 0 Å². The highest BCUT2D eigenvalue weighted by Crippen LogP contribution is 2.14. The van der Waals surface area contributed by atoms with Gasteiger partial charge in [-0.3, -0.25) is 0 Å². The highest BCUT2D eigenvalue weighted by atomic mass is 15.3. The Morgan fingerprint density at radius 1 is 1.33 bits per heavy atom. The third-order valence-electron chi connectivity index (χ3n) is 2.17. The second-order valence-corrected chi connectivity index (χ2v) is 3.19. The molecule has 0 bridgehead atoms. The molecule has 0 saturated carbocycles. The fourth-order valence-electron chi connectivity index (χ4n) is 1.51. The van der Waals surface area contributed by atoms with Gasteiger partial charge in [-0.05, 0) is 25.8 Å². The van der Waals surface area contributed by atoms with Gasteiger partial charge in [0.25, 0.3) is 0 Å². The van der Waals surface area contributed by atoms with Crippen molar-refractivity contribution in [3.05, 3.63) is 18.0 Å². The zero-order chi connectivity index (χ0) is 8.39. The summed E-state index contributed by atoms with van der Waals surface area (Å²) in [5, 5.41) is 0. The SMILES string of the molecule is Cc1ccnc(N2CCCC2)n1. The van der Waals surface area contributed by atoms with Gasteiger partial charge < -0.3 is 4.90 Å². The van der Waals surface area contributed by atoms with Crippen LogP contribution < -0.4 is 4.90 Å². The number of hydrogen-bond donors (Lipinski definition) is 0. The zero-order valence-electron chi connectivity index (χ0n) is 7.32. The van der Waals surface area contributed by atoms with Gasteiger partial charge in [0, 0.05) is 25.0 Å². The Morgan fingerprint density at radius 3 is 2.75 bits per heavy atom. The summed E-state index contributed by atoms with van der Waals surface area (Å²) >= 11 is 0. The maximum Gasteiger partial charge on any atom is 0.225 e. The third-order valence-corrected chi connectivity index (χ3v) is 2.17. The molecule has 1 saturated heterocycles. The number of anilines is 1. The largest absolute Gasteiger partial charge is 0.341 e. The standard InChI is InChI=1S/C9H13N3/c1-8-4-5-10-9(11-8)12-6-2-3-7-12/h4-5H,2-3,6-7H2,1H3. The Bertz CT molecular complexity index is 266. The zero-order valence-corrected chi connectivity index (χ0v) is 7.32. The van der Waals surface area contributed by atoms with Crippen LogP contribution in [0.4, 0.5) is 5.95 Å². The summed E-state index contributed by atoms with van der Waals surface area (Å²) in [6, 6.07) is 1.93. The molecular formula is C9H13N3. The highest BCUT2D eigenvalue weighted by molar-refractivity contribution is 5.30. The normalized spacial score (nSPS) is 16.9. The van der Waals surface area contributed by atoms with Crippen LogP contribution in [0.1, 0.15) is 18.5 Å². The molecule has 0 aromatic carbocycles.